The Balaban J connectivity index is 1.79. The van der Waals surface area contributed by atoms with Crippen LogP contribution in [0.25, 0.3) is 0 Å². The highest BCUT2D eigenvalue weighted by atomic mass is 19.1. The van der Waals surface area contributed by atoms with Crippen LogP contribution in [0, 0.1) is 11.6 Å². The molecule has 1 rings (SSSR count). The Morgan fingerprint density at radius 2 is 0.923 bits per heavy atom. The maximum absolute atomic E-state index is 13.1. The number of nitrogens with zero attached hydrogens (tertiary/aromatic N) is 1. The number of unbranched alkanes of at least 4 members (excludes halogenated alkanes) is 15. The second kappa shape index (κ2) is 16.2. The molecule has 26 heavy (non-hydrogen) atoms. The van der Waals surface area contributed by atoms with Gasteiger partial charge in [0, 0.05) is 12.5 Å². The molecule has 0 bridgehead atoms. The van der Waals surface area contributed by atoms with Gasteiger partial charge >= 0.3 is 0 Å². The zero-order chi connectivity index (χ0) is 18.9. The highest BCUT2D eigenvalue weighted by molar-refractivity contribution is 4.91. The molecule has 0 aliphatic rings. The van der Waals surface area contributed by atoms with Crippen LogP contribution in [-0.4, -0.2) is 0 Å². The summed E-state index contributed by atoms with van der Waals surface area (Å²) in [7, 11) is 0. The van der Waals surface area contributed by atoms with Gasteiger partial charge in [-0.1, -0.05) is 96.8 Å². The molecular formula is C23H40F2N+. The normalized spacial score (nSPS) is 11.2. The smallest absolute Gasteiger partial charge is 0.200 e. The van der Waals surface area contributed by atoms with Crippen LogP contribution in [0.2, 0.25) is 0 Å². The molecule has 0 spiro atoms. The van der Waals surface area contributed by atoms with Gasteiger partial charge in [0.25, 0.3) is 0 Å². The molecule has 0 aliphatic heterocycles. The van der Waals surface area contributed by atoms with E-state index in [2.05, 4.69) is 6.92 Å². The summed E-state index contributed by atoms with van der Waals surface area (Å²) in [5, 5.41) is 0. The van der Waals surface area contributed by atoms with Gasteiger partial charge in [-0.3, -0.25) is 0 Å². The molecular weight excluding hydrogens is 328 g/mol. The second-order valence-corrected chi connectivity index (χ2v) is 7.71. The maximum Gasteiger partial charge on any atom is 0.205 e. The molecule has 3 heteroatoms. The van der Waals surface area contributed by atoms with E-state index in [0.717, 1.165) is 18.9 Å². The minimum absolute atomic E-state index is 0.499. The summed E-state index contributed by atoms with van der Waals surface area (Å²) < 4.78 is 27.8. The van der Waals surface area contributed by atoms with E-state index in [9.17, 15) is 8.78 Å². The van der Waals surface area contributed by atoms with Crippen molar-refractivity contribution >= 4 is 0 Å². The highest BCUT2D eigenvalue weighted by Crippen LogP contribution is 2.13. The lowest BCUT2D eigenvalue weighted by Crippen LogP contribution is -2.34. The topological polar surface area (TPSA) is 3.88 Å². The van der Waals surface area contributed by atoms with Gasteiger partial charge in [-0.05, 0) is 6.42 Å². The van der Waals surface area contributed by atoms with Crippen molar-refractivity contribution in [3.63, 3.8) is 0 Å². The van der Waals surface area contributed by atoms with Gasteiger partial charge in [-0.25, -0.2) is 8.78 Å². The zero-order valence-electron chi connectivity index (χ0n) is 17.0. The molecule has 1 aromatic rings. The van der Waals surface area contributed by atoms with Gasteiger partial charge in [0.1, 0.15) is 6.54 Å². The van der Waals surface area contributed by atoms with Crippen molar-refractivity contribution in [3.05, 3.63) is 30.1 Å². The lowest BCUT2D eigenvalue weighted by Gasteiger charge is -2.03. The first-order chi connectivity index (χ1) is 12.7. The van der Waals surface area contributed by atoms with Crippen molar-refractivity contribution in [1.29, 1.82) is 0 Å². The van der Waals surface area contributed by atoms with Gasteiger partial charge in [0.15, 0.2) is 11.6 Å². The molecule has 0 amide bonds. The average Bonchev–Trinajstić information content (AvgIpc) is 2.60. The zero-order valence-corrected chi connectivity index (χ0v) is 17.0. The molecule has 0 fully saturated rings. The van der Waals surface area contributed by atoms with Crippen molar-refractivity contribution in [2.24, 2.45) is 0 Å². The minimum Gasteiger partial charge on any atom is -0.200 e. The lowest BCUT2D eigenvalue weighted by atomic mass is 10.0. The van der Waals surface area contributed by atoms with E-state index >= 15 is 0 Å². The number of aromatic nitrogens is 1. The Bertz CT molecular complexity index is 428. The highest BCUT2D eigenvalue weighted by Gasteiger charge is 2.06. The molecule has 0 N–H and O–H groups in total. The first-order valence-electron chi connectivity index (χ1n) is 11.1. The van der Waals surface area contributed by atoms with Gasteiger partial charge < -0.3 is 0 Å². The molecule has 0 radical (unpaired) electrons. The molecule has 1 nitrogen and oxygen atoms in total. The predicted octanol–water partition coefficient (Wildman–Crippen LogP) is 7.51. The van der Waals surface area contributed by atoms with E-state index < -0.39 is 11.6 Å². The summed E-state index contributed by atoms with van der Waals surface area (Å²) in [4.78, 5) is 0. The van der Waals surface area contributed by atoms with Crippen molar-refractivity contribution in [2.75, 3.05) is 0 Å². The van der Waals surface area contributed by atoms with E-state index in [4.69, 9.17) is 0 Å². The molecule has 0 aromatic carbocycles. The van der Waals surface area contributed by atoms with E-state index in [0.29, 0.717) is 6.54 Å². The average molecular weight is 369 g/mol. The number of pyridine rings is 1. The number of halogens is 2. The van der Waals surface area contributed by atoms with Crippen LogP contribution < -0.4 is 4.57 Å². The summed E-state index contributed by atoms with van der Waals surface area (Å²) in [5.41, 5.74) is 0. The predicted molar refractivity (Wildman–Crippen MR) is 106 cm³/mol. The Hall–Kier alpha value is -0.990. The third-order valence-corrected chi connectivity index (χ3v) is 5.12. The first kappa shape index (κ1) is 23.0. The largest absolute Gasteiger partial charge is 0.205 e. The molecule has 1 heterocycles. The van der Waals surface area contributed by atoms with E-state index in [1.807, 2.05) is 0 Å². The van der Waals surface area contributed by atoms with Crippen LogP contribution in [0.4, 0.5) is 8.78 Å². The second-order valence-electron chi connectivity index (χ2n) is 7.71. The van der Waals surface area contributed by atoms with Crippen LogP contribution in [-0.2, 0) is 6.54 Å². The SMILES string of the molecule is CCCCCCCCCCCCCCCCCC[n+]1cc(F)cc(F)c1. The number of rotatable bonds is 17. The fourth-order valence-electron chi connectivity index (χ4n) is 3.53. The van der Waals surface area contributed by atoms with Crippen LogP contribution in [0.1, 0.15) is 110 Å². The summed E-state index contributed by atoms with van der Waals surface area (Å²) >= 11 is 0. The van der Waals surface area contributed by atoms with Crippen LogP contribution in [0.3, 0.4) is 0 Å². The molecule has 0 unspecified atom stereocenters. The molecule has 1 aromatic heterocycles. The van der Waals surface area contributed by atoms with E-state index in [-0.39, 0.29) is 0 Å². The van der Waals surface area contributed by atoms with E-state index in [1.165, 1.54) is 102 Å². The molecule has 0 atom stereocenters. The van der Waals surface area contributed by atoms with Gasteiger partial charge in [-0.2, -0.15) is 4.57 Å². The molecule has 0 saturated heterocycles. The third-order valence-electron chi connectivity index (χ3n) is 5.12. The fraction of sp³-hybridized carbons (Fsp3) is 0.783. The van der Waals surface area contributed by atoms with Gasteiger partial charge in [-0.15, -0.1) is 0 Å². The van der Waals surface area contributed by atoms with Crippen molar-refractivity contribution < 1.29 is 13.3 Å². The minimum atomic E-state index is -0.499. The first-order valence-corrected chi connectivity index (χ1v) is 11.1. The van der Waals surface area contributed by atoms with Crippen molar-refractivity contribution in [3.8, 4) is 0 Å². The fourth-order valence-corrected chi connectivity index (χ4v) is 3.53. The van der Waals surface area contributed by atoms with Crippen molar-refractivity contribution in [2.45, 2.75) is 116 Å². The molecule has 0 aliphatic carbocycles. The summed E-state index contributed by atoms with van der Waals surface area (Å²) in [6.45, 7) is 2.97. The quantitative estimate of drug-likeness (QED) is 0.198. The Labute approximate surface area is 160 Å². The lowest BCUT2D eigenvalue weighted by molar-refractivity contribution is -0.700. The van der Waals surface area contributed by atoms with Crippen molar-refractivity contribution in [1.82, 2.24) is 0 Å². The van der Waals surface area contributed by atoms with Crippen LogP contribution >= 0.6 is 0 Å². The summed E-state index contributed by atoms with van der Waals surface area (Å²) in [6.07, 6.45) is 24.2. The van der Waals surface area contributed by atoms with Gasteiger partial charge in [0.2, 0.25) is 12.4 Å². The van der Waals surface area contributed by atoms with Crippen LogP contribution in [0.15, 0.2) is 18.5 Å². The Morgan fingerprint density at radius 3 is 1.31 bits per heavy atom. The Morgan fingerprint density at radius 1 is 0.577 bits per heavy atom. The monoisotopic (exact) mass is 368 g/mol. The molecule has 150 valence electrons. The van der Waals surface area contributed by atoms with Crippen LogP contribution in [0.5, 0.6) is 0 Å². The van der Waals surface area contributed by atoms with E-state index in [1.54, 1.807) is 4.57 Å². The number of hydrogen-bond donors (Lipinski definition) is 0. The number of aryl methyl sites for hydroxylation is 1. The Kier molecular flexibility index (Phi) is 14.4. The molecule has 0 saturated carbocycles. The summed E-state index contributed by atoms with van der Waals surface area (Å²) in [5.74, 6) is -0.997. The van der Waals surface area contributed by atoms with Gasteiger partial charge in [0.05, 0.1) is 0 Å². The standard InChI is InChI=1S/C23H40F2N/c1-2-3-4-5-6-7-8-9-10-11-12-13-14-15-16-17-18-26-20-22(24)19-23(25)21-26/h19-21H,2-18H2,1H3/q+1. The summed E-state index contributed by atoms with van der Waals surface area (Å²) in [6, 6.07) is 0.921. The third kappa shape index (κ3) is 13.2. The maximum atomic E-state index is 13.1. The number of hydrogen-bond acceptors (Lipinski definition) is 0.